The molecule has 1 aliphatic rings. The summed E-state index contributed by atoms with van der Waals surface area (Å²) < 4.78 is 13.3. The molecule has 0 atom stereocenters. The Morgan fingerprint density at radius 3 is 2.30 bits per heavy atom. The van der Waals surface area contributed by atoms with Crippen LogP contribution >= 0.6 is 11.6 Å². The molecule has 27 heavy (non-hydrogen) atoms. The van der Waals surface area contributed by atoms with Crippen LogP contribution in [-0.4, -0.2) is 11.9 Å². The molecule has 7 heteroatoms. The molecule has 3 rings (SSSR count). The lowest BCUT2D eigenvalue weighted by atomic mass is 9.88. The fraction of sp³-hybridized carbons (Fsp3) is 0.300. The first kappa shape index (κ1) is 19.2. The third kappa shape index (κ3) is 4.57. The summed E-state index contributed by atoms with van der Waals surface area (Å²) in [4.78, 5) is 23.7. The Bertz CT molecular complexity index is 849. The van der Waals surface area contributed by atoms with Crippen molar-refractivity contribution in [2.45, 2.75) is 38.1 Å². The quantitative estimate of drug-likeness (QED) is 0.686. The Balaban J connectivity index is 1.74. The van der Waals surface area contributed by atoms with Crippen LogP contribution < -0.4 is 16.0 Å². The summed E-state index contributed by atoms with van der Waals surface area (Å²) in [6.07, 6.45) is 3.57. The number of halogens is 2. The van der Waals surface area contributed by atoms with E-state index in [1.54, 1.807) is 30.3 Å². The van der Waals surface area contributed by atoms with Crippen LogP contribution in [0.4, 0.5) is 20.6 Å². The van der Waals surface area contributed by atoms with Gasteiger partial charge in [0.05, 0.1) is 16.2 Å². The Hall–Kier alpha value is -2.60. The number of hydrogen-bond donors (Lipinski definition) is 3. The molecule has 0 radical (unpaired) electrons. The summed E-state index contributed by atoms with van der Waals surface area (Å²) in [5, 5.41) is 8.76. The highest BCUT2D eigenvalue weighted by Crippen LogP contribution is 2.39. The zero-order valence-electron chi connectivity index (χ0n) is 14.9. The molecule has 5 nitrogen and oxygen atoms in total. The largest absolute Gasteiger partial charge is 0.328 e. The van der Waals surface area contributed by atoms with Crippen LogP contribution in [0.1, 0.15) is 38.2 Å². The standard InChI is InChI=1S/C20H21ClFN3O2/c1-13(26)23-16-8-9-18(17(21)12-16)24-19(27)25-20(10-2-3-11-20)14-4-6-15(22)7-5-14/h4-9,12H,2-3,10-11H2,1H3,(H,23,26)(H2,24,25,27). The van der Waals surface area contributed by atoms with E-state index in [1.807, 2.05) is 0 Å². The van der Waals surface area contributed by atoms with Crippen LogP contribution in [0.15, 0.2) is 42.5 Å². The summed E-state index contributed by atoms with van der Waals surface area (Å²) in [7, 11) is 0. The monoisotopic (exact) mass is 389 g/mol. The van der Waals surface area contributed by atoms with Crippen molar-refractivity contribution in [2.24, 2.45) is 0 Å². The maximum atomic E-state index is 13.3. The van der Waals surface area contributed by atoms with E-state index in [9.17, 15) is 14.0 Å². The molecule has 1 aliphatic carbocycles. The van der Waals surface area contributed by atoms with E-state index in [0.717, 1.165) is 31.2 Å². The number of nitrogens with one attached hydrogen (secondary N) is 3. The molecule has 2 aromatic carbocycles. The van der Waals surface area contributed by atoms with Crippen LogP contribution in [0, 0.1) is 5.82 Å². The molecule has 0 heterocycles. The minimum atomic E-state index is -0.514. The second-order valence-corrected chi connectivity index (χ2v) is 7.16. The van der Waals surface area contributed by atoms with E-state index in [2.05, 4.69) is 16.0 Å². The average Bonchev–Trinajstić information content (AvgIpc) is 3.07. The van der Waals surface area contributed by atoms with Crippen molar-refractivity contribution in [3.63, 3.8) is 0 Å². The van der Waals surface area contributed by atoms with E-state index < -0.39 is 5.54 Å². The third-order valence-electron chi connectivity index (χ3n) is 4.74. The van der Waals surface area contributed by atoms with Crippen LogP contribution in [-0.2, 0) is 10.3 Å². The Morgan fingerprint density at radius 2 is 1.70 bits per heavy atom. The van der Waals surface area contributed by atoms with Crippen LogP contribution in [0.5, 0.6) is 0 Å². The number of hydrogen-bond acceptors (Lipinski definition) is 2. The molecule has 0 saturated heterocycles. The molecule has 0 bridgehead atoms. The minimum Gasteiger partial charge on any atom is -0.328 e. The molecule has 1 saturated carbocycles. The van der Waals surface area contributed by atoms with Gasteiger partial charge in [-0.2, -0.15) is 0 Å². The molecular weight excluding hydrogens is 369 g/mol. The van der Waals surface area contributed by atoms with E-state index in [-0.39, 0.29) is 17.8 Å². The molecule has 2 aromatic rings. The third-order valence-corrected chi connectivity index (χ3v) is 5.06. The molecule has 0 unspecified atom stereocenters. The minimum absolute atomic E-state index is 0.202. The lowest BCUT2D eigenvalue weighted by Crippen LogP contribution is -2.45. The lowest BCUT2D eigenvalue weighted by Gasteiger charge is -2.31. The van der Waals surface area contributed by atoms with Crippen LogP contribution in [0.3, 0.4) is 0 Å². The van der Waals surface area contributed by atoms with Crippen molar-refractivity contribution in [1.82, 2.24) is 5.32 Å². The molecule has 142 valence electrons. The van der Waals surface area contributed by atoms with Gasteiger partial charge in [-0.05, 0) is 48.7 Å². The molecule has 0 aromatic heterocycles. The highest BCUT2D eigenvalue weighted by molar-refractivity contribution is 6.34. The summed E-state index contributed by atoms with van der Waals surface area (Å²) in [6, 6.07) is 10.7. The van der Waals surface area contributed by atoms with Gasteiger partial charge >= 0.3 is 6.03 Å². The SMILES string of the molecule is CC(=O)Nc1ccc(NC(=O)NC2(c3ccc(F)cc3)CCCC2)c(Cl)c1. The smallest absolute Gasteiger partial charge is 0.319 e. The Kier molecular flexibility index (Phi) is 5.65. The van der Waals surface area contributed by atoms with Crippen LogP contribution in [0.2, 0.25) is 5.02 Å². The van der Waals surface area contributed by atoms with Gasteiger partial charge in [0, 0.05) is 12.6 Å². The predicted molar refractivity (Wildman–Crippen MR) is 104 cm³/mol. The van der Waals surface area contributed by atoms with E-state index in [1.165, 1.54) is 19.1 Å². The van der Waals surface area contributed by atoms with Gasteiger partial charge in [0.25, 0.3) is 0 Å². The van der Waals surface area contributed by atoms with Crippen LogP contribution in [0.25, 0.3) is 0 Å². The van der Waals surface area contributed by atoms with Gasteiger partial charge in [-0.3, -0.25) is 4.79 Å². The van der Waals surface area contributed by atoms with E-state index in [4.69, 9.17) is 11.6 Å². The zero-order chi connectivity index (χ0) is 19.4. The number of urea groups is 1. The number of amides is 3. The first-order chi connectivity index (χ1) is 12.9. The number of carbonyl (C=O) groups is 2. The van der Waals surface area contributed by atoms with Gasteiger partial charge in [-0.1, -0.05) is 36.6 Å². The number of anilines is 2. The molecule has 3 amide bonds. The zero-order valence-corrected chi connectivity index (χ0v) is 15.7. The van der Waals surface area contributed by atoms with Gasteiger partial charge in [0.15, 0.2) is 0 Å². The van der Waals surface area contributed by atoms with E-state index in [0.29, 0.717) is 16.4 Å². The molecule has 0 spiro atoms. The summed E-state index contributed by atoms with van der Waals surface area (Å²) in [6.45, 7) is 1.41. The van der Waals surface area contributed by atoms with Gasteiger partial charge in [-0.25, -0.2) is 9.18 Å². The maximum absolute atomic E-state index is 13.3. The van der Waals surface area contributed by atoms with Gasteiger partial charge in [0.1, 0.15) is 5.82 Å². The topological polar surface area (TPSA) is 70.2 Å². The molecule has 3 N–H and O–H groups in total. The number of rotatable bonds is 4. The van der Waals surface area contributed by atoms with Crippen molar-refractivity contribution in [2.75, 3.05) is 10.6 Å². The summed E-state index contributed by atoms with van der Waals surface area (Å²) in [5.41, 5.74) is 1.37. The number of carbonyl (C=O) groups excluding carboxylic acids is 2. The van der Waals surface area contributed by atoms with Gasteiger partial charge in [-0.15, -0.1) is 0 Å². The van der Waals surface area contributed by atoms with E-state index >= 15 is 0 Å². The molecule has 1 fully saturated rings. The second kappa shape index (κ2) is 7.96. The van der Waals surface area contributed by atoms with Crippen molar-refractivity contribution >= 4 is 34.9 Å². The highest BCUT2D eigenvalue weighted by atomic mass is 35.5. The Morgan fingerprint density at radius 1 is 1.04 bits per heavy atom. The first-order valence-electron chi connectivity index (χ1n) is 8.80. The normalized spacial score (nSPS) is 15.2. The Labute approximate surface area is 162 Å². The fourth-order valence-corrected chi connectivity index (χ4v) is 3.73. The summed E-state index contributed by atoms with van der Waals surface area (Å²) in [5.74, 6) is -0.505. The van der Waals surface area contributed by atoms with Gasteiger partial charge < -0.3 is 16.0 Å². The lowest BCUT2D eigenvalue weighted by molar-refractivity contribution is -0.114. The summed E-state index contributed by atoms with van der Waals surface area (Å²) >= 11 is 6.21. The van der Waals surface area contributed by atoms with Crippen molar-refractivity contribution in [3.8, 4) is 0 Å². The fourth-order valence-electron chi connectivity index (χ4n) is 3.50. The average molecular weight is 390 g/mol. The van der Waals surface area contributed by atoms with Crippen molar-refractivity contribution < 1.29 is 14.0 Å². The van der Waals surface area contributed by atoms with Crippen molar-refractivity contribution in [3.05, 3.63) is 58.9 Å². The molecule has 0 aliphatic heterocycles. The predicted octanol–water partition coefficient (Wildman–Crippen LogP) is 5.03. The highest BCUT2D eigenvalue weighted by Gasteiger charge is 2.37. The maximum Gasteiger partial charge on any atom is 0.319 e. The molecular formula is C20H21ClFN3O2. The number of benzene rings is 2. The van der Waals surface area contributed by atoms with Gasteiger partial charge in [0.2, 0.25) is 5.91 Å². The van der Waals surface area contributed by atoms with Crippen molar-refractivity contribution in [1.29, 1.82) is 0 Å². The second-order valence-electron chi connectivity index (χ2n) is 6.75. The first-order valence-corrected chi connectivity index (χ1v) is 9.18.